The highest BCUT2D eigenvalue weighted by atomic mass is 32.1. The van der Waals surface area contributed by atoms with Crippen LogP contribution in [0.3, 0.4) is 0 Å². The van der Waals surface area contributed by atoms with Crippen LogP contribution in [0.1, 0.15) is 52.8 Å². The summed E-state index contributed by atoms with van der Waals surface area (Å²) >= 11 is 1.80. The van der Waals surface area contributed by atoms with Crippen molar-refractivity contribution in [2.75, 3.05) is 13.1 Å². The van der Waals surface area contributed by atoms with Crippen molar-refractivity contribution in [2.24, 2.45) is 5.92 Å². The molecule has 1 saturated heterocycles. The van der Waals surface area contributed by atoms with E-state index in [0.717, 1.165) is 60.7 Å². The lowest BCUT2D eigenvalue weighted by molar-refractivity contribution is 0.112. The number of nitrogens with zero attached hydrogens (tertiary/aromatic N) is 3. The van der Waals surface area contributed by atoms with E-state index in [4.69, 9.17) is 14.7 Å². The Morgan fingerprint density at radius 2 is 1.97 bits per heavy atom. The zero-order valence-corrected chi connectivity index (χ0v) is 17.5. The van der Waals surface area contributed by atoms with Crippen LogP contribution in [0.2, 0.25) is 0 Å². The number of rotatable bonds is 5. The maximum Gasteiger partial charge on any atom is 0.231 e. The van der Waals surface area contributed by atoms with Crippen molar-refractivity contribution < 1.29 is 9.53 Å². The number of aromatic nitrogens is 2. The summed E-state index contributed by atoms with van der Waals surface area (Å²) in [6, 6.07) is 7.20. The first-order valence-corrected chi connectivity index (χ1v) is 11.3. The molecule has 0 saturated carbocycles. The third kappa shape index (κ3) is 3.79. The SMILES string of the molecule is CC1CCN(Cc2nc(Oc3ccc(C=O)cc3)c3c4c(sc3n2)CCC4)CC1. The lowest BCUT2D eigenvalue weighted by Gasteiger charge is -2.29. The number of aldehydes is 1. The van der Waals surface area contributed by atoms with Crippen molar-refractivity contribution in [1.82, 2.24) is 14.9 Å². The average Bonchev–Trinajstić information content (AvgIpc) is 3.31. The molecule has 0 N–H and O–H groups in total. The summed E-state index contributed by atoms with van der Waals surface area (Å²) in [6.45, 7) is 5.31. The maximum absolute atomic E-state index is 10.9. The van der Waals surface area contributed by atoms with Crippen molar-refractivity contribution in [3.63, 3.8) is 0 Å². The van der Waals surface area contributed by atoms with Gasteiger partial charge in [0, 0.05) is 10.4 Å². The van der Waals surface area contributed by atoms with Gasteiger partial charge in [-0.3, -0.25) is 9.69 Å². The third-order valence-corrected chi connectivity index (χ3v) is 7.24. The van der Waals surface area contributed by atoms with Gasteiger partial charge in [-0.1, -0.05) is 6.92 Å². The number of hydrogen-bond acceptors (Lipinski definition) is 6. The second kappa shape index (κ2) is 7.84. The average molecular weight is 408 g/mol. The van der Waals surface area contributed by atoms with Gasteiger partial charge in [-0.15, -0.1) is 11.3 Å². The smallest absolute Gasteiger partial charge is 0.231 e. The number of thiophene rings is 1. The first kappa shape index (κ1) is 18.7. The van der Waals surface area contributed by atoms with Crippen LogP contribution in [0.25, 0.3) is 10.2 Å². The van der Waals surface area contributed by atoms with E-state index in [-0.39, 0.29) is 0 Å². The molecule has 1 fully saturated rings. The highest BCUT2D eigenvalue weighted by molar-refractivity contribution is 7.19. The molecule has 150 valence electrons. The van der Waals surface area contributed by atoms with Crippen LogP contribution >= 0.6 is 11.3 Å². The highest BCUT2D eigenvalue weighted by Crippen LogP contribution is 2.41. The molecule has 1 aromatic carbocycles. The Bertz CT molecular complexity index is 1040. The maximum atomic E-state index is 10.9. The third-order valence-electron chi connectivity index (χ3n) is 6.05. The van der Waals surface area contributed by atoms with Gasteiger partial charge in [0.1, 0.15) is 22.7 Å². The number of likely N-dealkylation sites (tertiary alicyclic amines) is 1. The summed E-state index contributed by atoms with van der Waals surface area (Å²) in [5.41, 5.74) is 2.00. The number of hydrogen-bond donors (Lipinski definition) is 0. The fourth-order valence-corrected chi connectivity index (χ4v) is 5.57. The molecule has 2 aromatic heterocycles. The normalized spacial score (nSPS) is 17.6. The quantitative estimate of drug-likeness (QED) is 0.556. The zero-order valence-electron chi connectivity index (χ0n) is 16.7. The largest absolute Gasteiger partial charge is 0.438 e. The Balaban J connectivity index is 1.49. The molecule has 2 aliphatic rings. The lowest BCUT2D eigenvalue weighted by Crippen LogP contribution is -2.32. The number of aryl methyl sites for hydroxylation is 2. The number of benzene rings is 1. The van der Waals surface area contributed by atoms with Gasteiger partial charge in [-0.2, -0.15) is 4.98 Å². The molecule has 1 aliphatic heterocycles. The van der Waals surface area contributed by atoms with Crippen LogP contribution in [-0.2, 0) is 19.4 Å². The van der Waals surface area contributed by atoms with Crippen LogP contribution in [0.4, 0.5) is 0 Å². The summed E-state index contributed by atoms with van der Waals surface area (Å²) in [5.74, 6) is 3.01. The van der Waals surface area contributed by atoms with Crippen molar-refractivity contribution in [3.8, 4) is 11.6 Å². The molecule has 3 aromatic rings. The molecule has 3 heterocycles. The topological polar surface area (TPSA) is 55.3 Å². The van der Waals surface area contributed by atoms with E-state index in [0.29, 0.717) is 17.2 Å². The van der Waals surface area contributed by atoms with Gasteiger partial charge >= 0.3 is 0 Å². The van der Waals surface area contributed by atoms with Crippen LogP contribution in [0, 0.1) is 5.92 Å². The number of carbonyl (C=O) groups is 1. The predicted octanol–water partition coefficient (Wildman–Crippen LogP) is 5.02. The zero-order chi connectivity index (χ0) is 19.8. The lowest BCUT2D eigenvalue weighted by atomic mass is 9.99. The van der Waals surface area contributed by atoms with Gasteiger partial charge in [0.05, 0.1) is 11.9 Å². The van der Waals surface area contributed by atoms with E-state index in [1.807, 2.05) is 12.1 Å². The first-order valence-electron chi connectivity index (χ1n) is 10.5. The second-order valence-electron chi connectivity index (χ2n) is 8.23. The Labute approximate surface area is 174 Å². The number of carbonyl (C=O) groups excluding carboxylic acids is 1. The summed E-state index contributed by atoms with van der Waals surface area (Å²) in [7, 11) is 0. The van der Waals surface area contributed by atoms with Gasteiger partial charge in [0.25, 0.3) is 0 Å². The molecule has 0 spiro atoms. The molecule has 6 heteroatoms. The molecule has 29 heavy (non-hydrogen) atoms. The fourth-order valence-electron chi connectivity index (χ4n) is 4.30. The number of piperidine rings is 1. The van der Waals surface area contributed by atoms with Crippen molar-refractivity contribution in [2.45, 2.75) is 45.6 Å². The predicted molar refractivity (Wildman–Crippen MR) is 115 cm³/mol. The minimum atomic E-state index is 0.640. The fraction of sp³-hybridized carbons (Fsp3) is 0.435. The molecule has 0 atom stereocenters. The summed E-state index contributed by atoms with van der Waals surface area (Å²) in [6.07, 6.45) is 6.71. The van der Waals surface area contributed by atoms with Gasteiger partial charge in [-0.05, 0) is 80.9 Å². The molecule has 0 radical (unpaired) electrons. The Hall–Kier alpha value is -2.31. The van der Waals surface area contributed by atoms with Gasteiger partial charge in [0.15, 0.2) is 0 Å². The summed E-state index contributed by atoms with van der Waals surface area (Å²) in [5, 5.41) is 1.08. The highest BCUT2D eigenvalue weighted by Gasteiger charge is 2.24. The molecular weight excluding hydrogens is 382 g/mol. The van der Waals surface area contributed by atoms with Crippen LogP contribution in [0.5, 0.6) is 11.6 Å². The molecule has 0 bridgehead atoms. The van der Waals surface area contributed by atoms with Gasteiger partial charge in [-0.25, -0.2) is 4.98 Å². The van der Waals surface area contributed by atoms with E-state index in [2.05, 4.69) is 11.8 Å². The van der Waals surface area contributed by atoms with Crippen molar-refractivity contribution in [1.29, 1.82) is 0 Å². The van der Waals surface area contributed by atoms with E-state index in [1.54, 1.807) is 23.5 Å². The van der Waals surface area contributed by atoms with Crippen molar-refractivity contribution in [3.05, 3.63) is 46.1 Å². The Morgan fingerprint density at radius 3 is 2.72 bits per heavy atom. The molecular formula is C23H25N3O2S. The van der Waals surface area contributed by atoms with E-state index in [9.17, 15) is 4.79 Å². The molecule has 1 aliphatic carbocycles. The van der Waals surface area contributed by atoms with Crippen molar-refractivity contribution >= 4 is 27.8 Å². The minimum absolute atomic E-state index is 0.640. The molecule has 0 unspecified atom stereocenters. The van der Waals surface area contributed by atoms with E-state index >= 15 is 0 Å². The van der Waals surface area contributed by atoms with Crippen LogP contribution in [-0.4, -0.2) is 34.2 Å². The van der Waals surface area contributed by atoms with E-state index < -0.39 is 0 Å². The van der Waals surface area contributed by atoms with Gasteiger partial charge < -0.3 is 4.74 Å². The molecule has 5 nitrogen and oxygen atoms in total. The van der Waals surface area contributed by atoms with Crippen LogP contribution < -0.4 is 4.74 Å². The number of ether oxygens (including phenoxy) is 1. The molecule has 5 rings (SSSR count). The Morgan fingerprint density at radius 1 is 1.17 bits per heavy atom. The van der Waals surface area contributed by atoms with Gasteiger partial charge in [0.2, 0.25) is 5.88 Å². The minimum Gasteiger partial charge on any atom is -0.438 e. The standard InChI is InChI=1S/C23H25N3O2S/c1-15-9-11-26(12-10-15)13-20-24-22(28-17-7-5-16(14-27)6-8-17)21-18-3-2-4-19(18)29-23(21)25-20/h5-8,14-15H,2-4,9-13H2,1H3. The van der Waals surface area contributed by atoms with E-state index in [1.165, 1.54) is 29.7 Å². The first-order chi connectivity index (χ1) is 14.2. The van der Waals surface area contributed by atoms with Crippen LogP contribution in [0.15, 0.2) is 24.3 Å². The molecule has 0 amide bonds. The second-order valence-corrected chi connectivity index (χ2v) is 9.31. The summed E-state index contributed by atoms with van der Waals surface area (Å²) in [4.78, 5) is 25.6. The number of fused-ring (bicyclic) bond motifs is 3. The monoisotopic (exact) mass is 407 g/mol. The Kier molecular flexibility index (Phi) is 5.06. The summed E-state index contributed by atoms with van der Waals surface area (Å²) < 4.78 is 6.24.